The molecule has 2 heterocycles. The van der Waals surface area contributed by atoms with Crippen LogP contribution in [0.15, 0.2) is 53.7 Å². The van der Waals surface area contributed by atoms with Gasteiger partial charge in [-0.15, -0.1) is 5.10 Å². The third kappa shape index (κ3) is 3.73. The van der Waals surface area contributed by atoms with Crippen LogP contribution in [0.5, 0.6) is 17.2 Å². The minimum atomic E-state index is -0.527. The monoisotopic (exact) mass is 435 g/mol. The van der Waals surface area contributed by atoms with Gasteiger partial charge in [0.05, 0.1) is 26.4 Å². The molecule has 0 radical (unpaired) electrons. The number of nitrogens with two attached hydrogens (primary N) is 1. The maximum absolute atomic E-state index is 12.4. The Bertz CT molecular complexity index is 1180. The van der Waals surface area contributed by atoms with Gasteiger partial charge in [-0.2, -0.15) is 4.98 Å². The summed E-state index contributed by atoms with van der Waals surface area (Å²) < 4.78 is 17.9. The number of anilines is 1. The summed E-state index contributed by atoms with van der Waals surface area (Å²) >= 11 is 0. The number of ether oxygens (including phenoxy) is 3. The first-order valence-corrected chi connectivity index (χ1v) is 10.2. The van der Waals surface area contributed by atoms with Gasteiger partial charge in [0.15, 0.2) is 17.3 Å². The fraction of sp³-hybridized carbons (Fsp3) is 0.261. The average Bonchev–Trinajstić information content (AvgIpc) is 3.21. The molecule has 9 nitrogen and oxygen atoms in total. The van der Waals surface area contributed by atoms with Gasteiger partial charge in [-0.25, -0.2) is 4.68 Å². The molecule has 1 aliphatic heterocycles. The summed E-state index contributed by atoms with van der Waals surface area (Å²) in [5.74, 6) is 2.39. The van der Waals surface area contributed by atoms with E-state index < -0.39 is 11.9 Å². The van der Waals surface area contributed by atoms with Gasteiger partial charge in [-0.05, 0) is 49.7 Å². The number of amides is 1. The van der Waals surface area contributed by atoms with Crippen LogP contribution in [0.2, 0.25) is 0 Å². The topological polar surface area (TPSA) is 114 Å². The van der Waals surface area contributed by atoms with E-state index >= 15 is 0 Å². The number of carbonyl (C=O) groups is 1. The van der Waals surface area contributed by atoms with Crippen molar-refractivity contribution in [2.45, 2.75) is 19.9 Å². The Balaban J connectivity index is 1.81. The summed E-state index contributed by atoms with van der Waals surface area (Å²) in [5.41, 5.74) is 8.40. The van der Waals surface area contributed by atoms with Crippen molar-refractivity contribution >= 4 is 11.9 Å². The van der Waals surface area contributed by atoms with Crippen LogP contribution in [0.1, 0.15) is 25.5 Å². The molecule has 9 heteroatoms. The van der Waals surface area contributed by atoms with Gasteiger partial charge in [0.2, 0.25) is 11.9 Å². The highest BCUT2D eigenvalue weighted by Crippen LogP contribution is 2.37. The Morgan fingerprint density at radius 2 is 1.84 bits per heavy atom. The highest BCUT2D eigenvalue weighted by Gasteiger charge is 2.33. The first kappa shape index (κ1) is 21.2. The molecule has 32 heavy (non-hydrogen) atoms. The van der Waals surface area contributed by atoms with Crippen molar-refractivity contribution in [2.24, 2.45) is 5.73 Å². The molecule has 0 saturated heterocycles. The predicted octanol–water partition coefficient (Wildman–Crippen LogP) is 3.14. The molecule has 4 rings (SSSR count). The van der Waals surface area contributed by atoms with Crippen LogP contribution < -0.4 is 25.3 Å². The van der Waals surface area contributed by atoms with E-state index in [9.17, 15) is 4.79 Å². The zero-order chi connectivity index (χ0) is 22.8. The number of aromatic nitrogens is 3. The lowest BCUT2D eigenvalue weighted by molar-refractivity contribution is -0.115. The highest BCUT2D eigenvalue weighted by molar-refractivity contribution is 5.95. The fourth-order valence-electron chi connectivity index (χ4n) is 3.79. The maximum atomic E-state index is 12.4. The van der Waals surface area contributed by atoms with E-state index in [4.69, 9.17) is 25.0 Å². The van der Waals surface area contributed by atoms with Crippen LogP contribution in [-0.4, -0.2) is 41.5 Å². The number of benzene rings is 2. The lowest BCUT2D eigenvalue weighted by Crippen LogP contribution is -2.31. The quantitative estimate of drug-likeness (QED) is 0.586. The fourth-order valence-corrected chi connectivity index (χ4v) is 3.79. The van der Waals surface area contributed by atoms with Crippen molar-refractivity contribution < 1.29 is 19.0 Å². The molecule has 2 aromatic carbocycles. The van der Waals surface area contributed by atoms with E-state index in [1.807, 2.05) is 37.3 Å². The Kier molecular flexibility index (Phi) is 5.72. The number of carbonyl (C=O) groups excluding carboxylic acids is 1. The molecule has 166 valence electrons. The van der Waals surface area contributed by atoms with Gasteiger partial charge < -0.3 is 25.3 Å². The summed E-state index contributed by atoms with van der Waals surface area (Å²) in [5, 5.41) is 7.86. The normalized spacial score (nSPS) is 15.1. The largest absolute Gasteiger partial charge is 0.494 e. The van der Waals surface area contributed by atoms with Crippen LogP contribution in [0, 0.1) is 0 Å². The van der Waals surface area contributed by atoms with Gasteiger partial charge in [-0.1, -0.05) is 12.1 Å². The summed E-state index contributed by atoms with van der Waals surface area (Å²) in [6, 6.07) is 12.5. The first-order valence-electron chi connectivity index (χ1n) is 10.2. The van der Waals surface area contributed by atoms with Crippen LogP contribution in [0.25, 0.3) is 11.4 Å². The van der Waals surface area contributed by atoms with E-state index in [2.05, 4.69) is 10.3 Å². The van der Waals surface area contributed by atoms with Crippen molar-refractivity contribution in [1.82, 2.24) is 14.8 Å². The molecular weight excluding hydrogens is 410 g/mol. The Labute approximate surface area is 185 Å². The molecule has 1 aliphatic rings. The molecular formula is C23H25N5O4. The number of methoxy groups -OCH3 is 2. The van der Waals surface area contributed by atoms with Crippen LogP contribution in [-0.2, 0) is 4.79 Å². The van der Waals surface area contributed by atoms with Gasteiger partial charge >= 0.3 is 0 Å². The molecule has 3 N–H and O–H groups in total. The van der Waals surface area contributed by atoms with Crippen LogP contribution in [0.3, 0.4) is 0 Å². The Morgan fingerprint density at radius 1 is 1.12 bits per heavy atom. The van der Waals surface area contributed by atoms with E-state index in [-0.39, 0.29) is 0 Å². The smallest absolute Gasteiger partial charge is 0.248 e. The number of nitrogens with zero attached hydrogens (tertiary/aromatic N) is 3. The Hall–Kier alpha value is -4.01. The van der Waals surface area contributed by atoms with Crippen molar-refractivity contribution in [1.29, 1.82) is 0 Å². The van der Waals surface area contributed by atoms with Crippen molar-refractivity contribution in [2.75, 3.05) is 26.1 Å². The minimum absolute atomic E-state index is 0.422. The van der Waals surface area contributed by atoms with E-state index in [1.165, 1.54) is 0 Å². The second kappa shape index (κ2) is 8.62. The third-order valence-electron chi connectivity index (χ3n) is 5.27. The Morgan fingerprint density at radius 3 is 2.47 bits per heavy atom. The first-order chi connectivity index (χ1) is 15.5. The second-order valence-corrected chi connectivity index (χ2v) is 7.21. The lowest BCUT2D eigenvalue weighted by Gasteiger charge is -2.27. The van der Waals surface area contributed by atoms with Gasteiger partial charge in [0.25, 0.3) is 0 Å². The third-order valence-corrected chi connectivity index (χ3v) is 5.27. The van der Waals surface area contributed by atoms with Crippen molar-refractivity contribution in [3.05, 3.63) is 59.3 Å². The van der Waals surface area contributed by atoms with Gasteiger partial charge in [0.1, 0.15) is 11.8 Å². The summed E-state index contributed by atoms with van der Waals surface area (Å²) in [7, 11) is 3.15. The number of nitrogens with one attached hydrogen (secondary N) is 1. The number of hydrogen-bond donors (Lipinski definition) is 2. The SMILES string of the molecule is CCOc1ccc(C2C(C(N)=O)=C(C)Nc3nc(-c4ccc(OC)c(OC)c4)nn32)cc1. The number of allylic oxidation sites excluding steroid dienone is 1. The number of primary amides is 1. The van der Waals surface area contributed by atoms with Crippen LogP contribution in [0.4, 0.5) is 5.95 Å². The molecule has 1 unspecified atom stereocenters. The average molecular weight is 435 g/mol. The summed E-state index contributed by atoms with van der Waals surface area (Å²) in [6.07, 6.45) is 0. The van der Waals surface area contributed by atoms with Crippen molar-refractivity contribution in [3.8, 4) is 28.6 Å². The molecule has 0 bridgehead atoms. The molecule has 0 spiro atoms. The molecule has 1 aromatic heterocycles. The number of rotatable bonds is 7. The van der Waals surface area contributed by atoms with E-state index in [1.54, 1.807) is 38.0 Å². The van der Waals surface area contributed by atoms with Crippen LogP contribution >= 0.6 is 0 Å². The molecule has 0 saturated carbocycles. The van der Waals surface area contributed by atoms with Gasteiger partial charge in [0, 0.05) is 11.3 Å². The maximum Gasteiger partial charge on any atom is 0.248 e. The zero-order valence-corrected chi connectivity index (χ0v) is 18.4. The van der Waals surface area contributed by atoms with E-state index in [0.29, 0.717) is 41.1 Å². The number of fused-ring (bicyclic) bond motifs is 1. The second-order valence-electron chi connectivity index (χ2n) is 7.21. The zero-order valence-electron chi connectivity index (χ0n) is 18.4. The number of hydrogen-bond acceptors (Lipinski definition) is 7. The minimum Gasteiger partial charge on any atom is -0.494 e. The summed E-state index contributed by atoms with van der Waals surface area (Å²) in [4.78, 5) is 17.0. The van der Waals surface area contributed by atoms with E-state index in [0.717, 1.165) is 16.9 Å². The van der Waals surface area contributed by atoms with Gasteiger partial charge in [-0.3, -0.25) is 4.79 Å². The predicted molar refractivity (Wildman–Crippen MR) is 120 cm³/mol. The standard InChI is InChI=1S/C23H25N5O4/c1-5-32-16-9-6-14(7-10-16)20-19(21(24)29)13(2)25-23-26-22(27-28(20)23)15-8-11-17(30-3)18(12-15)31-4/h6-12,20H,5H2,1-4H3,(H2,24,29)(H,25,26,27). The molecule has 3 aromatic rings. The molecule has 0 aliphatic carbocycles. The molecule has 0 fully saturated rings. The lowest BCUT2D eigenvalue weighted by atomic mass is 9.95. The molecule has 1 amide bonds. The highest BCUT2D eigenvalue weighted by atomic mass is 16.5. The van der Waals surface area contributed by atoms with Crippen molar-refractivity contribution in [3.63, 3.8) is 0 Å². The molecule has 1 atom stereocenters. The summed E-state index contributed by atoms with van der Waals surface area (Å²) in [6.45, 7) is 4.30.